The molecule has 3 heteroatoms. The van der Waals surface area contributed by atoms with Crippen molar-refractivity contribution in [2.75, 3.05) is 6.61 Å². The third kappa shape index (κ3) is 0.975. The lowest BCUT2D eigenvalue weighted by molar-refractivity contribution is -0.126. The van der Waals surface area contributed by atoms with Gasteiger partial charge in [0.25, 0.3) is 0 Å². The number of carbonyl (C=O) groups is 1. The predicted molar refractivity (Wildman–Crippen MR) is 58.6 cm³/mol. The number of ketones is 1. The minimum Gasteiger partial charge on any atom is -0.392 e. The molecule has 0 unspecified atom stereocenters. The van der Waals surface area contributed by atoms with Crippen molar-refractivity contribution >= 4 is 5.78 Å². The number of carbonyl (C=O) groups excluding carboxylic acids is 1. The summed E-state index contributed by atoms with van der Waals surface area (Å²) in [5.41, 5.74) is 3.02. The van der Waals surface area contributed by atoms with Crippen LogP contribution < -0.4 is 0 Å². The highest BCUT2D eigenvalue weighted by Gasteiger charge is 2.57. The molecule has 16 heavy (non-hydrogen) atoms. The van der Waals surface area contributed by atoms with Gasteiger partial charge >= 0.3 is 0 Å². The Hall–Kier alpha value is -1.19. The summed E-state index contributed by atoms with van der Waals surface area (Å²) >= 11 is 0. The van der Waals surface area contributed by atoms with Crippen LogP contribution >= 0.6 is 0 Å². The molecule has 0 heterocycles. The molecule has 2 N–H and O–H groups in total. The smallest absolute Gasteiger partial charge is 0.192 e. The van der Waals surface area contributed by atoms with Crippen LogP contribution in [0.1, 0.15) is 19.8 Å². The Morgan fingerprint density at radius 1 is 1.44 bits per heavy atom. The average Bonchev–Trinajstić information content (AvgIpc) is 2.97. The van der Waals surface area contributed by atoms with Gasteiger partial charge in [-0.25, -0.2) is 0 Å². The third-order valence-corrected chi connectivity index (χ3v) is 4.16. The molecule has 1 fully saturated rings. The van der Waals surface area contributed by atoms with E-state index in [1.54, 1.807) is 12.2 Å². The zero-order valence-corrected chi connectivity index (χ0v) is 9.16. The topological polar surface area (TPSA) is 57.5 Å². The Morgan fingerprint density at radius 2 is 2.12 bits per heavy atom. The number of aliphatic hydroxyl groups is 2. The van der Waals surface area contributed by atoms with Crippen LogP contribution in [0.4, 0.5) is 0 Å². The van der Waals surface area contributed by atoms with Gasteiger partial charge in [0.2, 0.25) is 0 Å². The van der Waals surface area contributed by atoms with Crippen LogP contribution in [0.2, 0.25) is 0 Å². The van der Waals surface area contributed by atoms with Gasteiger partial charge in [-0.3, -0.25) is 4.79 Å². The first-order valence-electron chi connectivity index (χ1n) is 5.58. The number of hydrogen-bond acceptors (Lipinski definition) is 3. The van der Waals surface area contributed by atoms with E-state index in [-0.39, 0.29) is 17.8 Å². The number of allylic oxidation sites excluding steroid dienone is 2. The molecule has 0 aliphatic heterocycles. The molecule has 1 atom stereocenters. The Morgan fingerprint density at radius 3 is 2.69 bits per heavy atom. The van der Waals surface area contributed by atoms with Crippen LogP contribution in [0.3, 0.4) is 0 Å². The number of aliphatic hydroxyl groups excluding tert-OH is 2. The van der Waals surface area contributed by atoms with Crippen molar-refractivity contribution in [3.05, 3.63) is 34.4 Å². The largest absolute Gasteiger partial charge is 0.392 e. The van der Waals surface area contributed by atoms with Crippen LogP contribution in [0.25, 0.3) is 0 Å². The minimum absolute atomic E-state index is 0.0495. The van der Waals surface area contributed by atoms with Crippen molar-refractivity contribution in [3.63, 3.8) is 0 Å². The molecule has 84 valence electrons. The summed E-state index contributed by atoms with van der Waals surface area (Å²) in [5.74, 6) is -0.183. The van der Waals surface area contributed by atoms with Crippen molar-refractivity contribution in [1.82, 2.24) is 0 Å². The normalized spacial score (nSPS) is 30.4. The molecule has 0 radical (unpaired) electrons. The van der Waals surface area contributed by atoms with Crippen LogP contribution in [-0.2, 0) is 4.79 Å². The summed E-state index contributed by atoms with van der Waals surface area (Å²) in [6, 6.07) is 0. The van der Waals surface area contributed by atoms with Crippen molar-refractivity contribution in [3.8, 4) is 0 Å². The lowest BCUT2D eigenvalue weighted by Crippen LogP contribution is -2.38. The molecule has 0 bridgehead atoms. The van der Waals surface area contributed by atoms with Crippen molar-refractivity contribution < 1.29 is 15.0 Å². The number of hydrogen-bond donors (Lipinski definition) is 2. The second-order valence-corrected chi connectivity index (χ2v) is 4.85. The summed E-state index contributed by atoms with van der Waals surface area (Å²) in [7, 11) is 0. The first-order valence-corrected chi connectivity index (χ1v) is 5.58. The number of fused-ring (bicyclic) bond motifs is 1. The van der Waals surface area contributed by atoms with E-state index < -0.39 is 6.10 Å². The summed E-state index contributed by atoms with van der Waals surface area (Å²) in [5, 5.41) is 19.3. The van der Waals surface area contributed by atoms with Crippen molar-refractivity contribution in [2.24, 2.45) is 5.41 Å². The van der Waals surface area contributed by atoms with Gasteiger partial charge in [-0.05, 0) is 30.9 Å². The Labute approximate surface area is 93.8 Å². The van der Waals surface area contributed by atoms with E-state index in [0.29, 0.717) is 5.57 Å². The first-order chi connectivity index (χ1) is 7.62. The summed E-state index contributed by atoms with van der Waals surface area (Å²) in [6.07, 6.45) is 4.36. The van der Waals surface area contributed by atoms with Crippen molar-refractivity contribution in [2.45, 2.75) is 25.9 Å². The van der Waals surface area contributed by atoms with E-state index in [2.05, 4.69) is 0 Å². The van der Waals surface area contributed by atoms with Gasteiger partial charge in [0, 0.05) is 11.0 Å². The molecule has 0 aromatic rings. The SMILES string of the molecule is CC1=C2C(CO)=CC=C2C(=O)[C@@H](O)C12CC2. The summed E-state index contributed by atoms with van der Waals surface area (Å²) in [6.45, 7) is 1.92. The van der Waals surface area contributed by atoms with Crippen molar-refractivity contribution in [1.29, 1.82) is 0 Å². The maximum atomic E-state index is 12.0. The summed E-state index contributed by atoms with van der Waals surface area (Å²) in [4.78, 5) is 12.0. The lowest BCUT2D eigenvalue weighted by Gasteiger charge is -2.31. The molecule has 3 aliphatic carbocycles. The predicted octanol–water partition coefficient (Wildman–Crippen LogP) is 0.885. The highest BCUT2D eigenvalue weighted by Crippen LogP contribution is 2.60. The van der Waals surface area contributed by atoms with Crippen LogP contribution in [0.15, 0.2) is 34.4 Å². The molecule has 0 aromatic carbocycles. The Kier molecular flexibility index (Phi) is 1.83. The van der Waals surface area contributed by atoms with E-state index in [9.17, 15) is 15.0 Å². The van der Waals surface area contributed by atoms with E-state index in [1.807, 2.05) is 6.92 Å². The van der Waals surface area contributed by atoms with E-state index in [4.69, 9.17) is 0 Å². The fourth-order valence-electron chi connectivity index (χ4n) is 2.94. The second-order valence-electron chi connectivity index (χ2n) is 4.85. The number of Topliss-reactive ketones (excluding diaryl/α,β-unsaturated/α-hetero) is 1. The molecule has 3 nitrogen and oxygen atoms in total. The fraction of sp³-hybridized carbons (Fsp3) is 0.462. The van der Waals surface area contributed by atoms with Gasteiger partial charge < -0.3 is 10.2 Å². The van der Waals surface area contributed by atoms with E-state index in [1.165, 1.54) is 0 Å². The summed E-state index contributed by atoms with van der Waals surface area (Å²) < 4.78 is 0. The monoisotopic (exact) mass is 218 g/mol. The van der Waals surface area contributed by atoms with Gasteiger partial charge in [-0.2, -0.15) is 0 Å². The molecule has 0 amide bonds. The molecule has 0 aromatic heterocycles. The van der Waals surface area contributed by atoms with Gasteiger partial charge in [0.05, 0.1) is 6.61 Å². The lowest BCUT2D eigenvalue weighted by atomic mass is 9.75. The van der Waals surface area contributed by atoms with Crippen LogP contribution in [0, 0.1) is 5.41 Å². The highest BCUT2D eigenvalue weighted by molar-refractivity contribution is 6.08. The van der Waals surface area contributed by atoms with Crippen LogP contribution in [-0.4, -0.2) is 28.7 Å². The first kappa shape index (κ1) is 10.00. The zero-order valence-electron chi connectivity index (χ0n) is 9.16. The fourth-order valence-corrected chi connectivity index (χ4v) is 2.94. The molecular formula is C13H14O3. The van der Waals surface area contributed by atoms with E-state index >= 15 is 0 Å². The maximum Gasteiger partial charge on any atom is 0.192 e. The molecule has 1 saturated carbocycles. The molecule has 0 saturated heterocycles. The zero-order chi connectivity index (χ0) is 11.5. The van der Waals surface area contributed by atoms with Gasteiger partial charge in [0.15, 0.2) is 5.78 Å². The second kappa shape index (κ2) is 2.93. The third-order valence-electron chi connectivity index (χ3n) is 4.16. The van der Waals surface area contributed by atoms with Gasteiger partial charge in [-0.15, -0.1) is 0 Å². The minimum atomic E-state index is -0.881. The van der Waals surface area contributed by atoms with Gasteiger partial charge in [0.1, 0.15) is 6.10 Å². The average molecular weight is 218 g/mol. The Bertz CT molecular complexity index is 475. The van der Waals surface area contributed by atoms with Crippen LogP contribution in [0.5, 0.6) is 0 Å². The van der Waals surface area contributed by atoms with E-state index in [0.717, 1.165) is 29.6 Å². The molecular weight excluding hydrogens is 204 g/mol. The maximum absolute atomic E-state index is 12.0. The molecule has 3 rings (SSSR count). The highest BCUT2D eigenvalue weighted by atomic mass is 16.3. The Balaban J connectivity index is 2.19. The number of rotatable bonds is 1. The molecule has 1 spiro atoms. The standard InChI is InChI=1S/C13H14O3/c1-7-10-8(6-14)2-3-9(10)11(15)12(16)13(7)4-5-13/h2-3,12,14,16H,4-6H2,1H3/t12-/m1/s1. The quantitative estimate of drug-likeness (QED) is 0.687. The molecule has 3 aliphatic rings. The van der Waals surface area contributed by atoms with Gasteiger partial charge in [-0.1, -0.05) is 17.7 Å².